The van der Waals surface area contributed by atoms with Crippen LogP contribution >= 0.6 is 0 Å². The minimum absolute atomic E-state index is 0.226. The maximum absolute atomic E-state index is 9.84. The SMILES string of the molecule is [C-]#[N+]C1CCCCC1CCCN=C=O. The molecule has 1 saturated carbocycles. The van der Waals surface area contributed by atoms with Gasteiger partial charge in [-0.3, -0.25) is 0 Å². The third kappa shape index (κ3) is 3.32. The van der Waals surface area contributed by atoms with Crippen molar-refractivity contribution in [2.75, 3.05) is 6.54 Å². The Balaban J connectivity index is 2.27. The van der Waals surface area contributed by atoms with Crippen LogP contribution < -0.4 is 0 Å². The molecular weight excluding hydrogens is 176 g/mol. The van der Waals surface area contributed by atoms with Gasteiger partial charge in [0.1, 0.15) is 0 Å². The molecule has 1 rings (SSSR count). The molecule has 0 spiro atoms. The summed E-state index contributed by atoms with van der Waals surface area (Å²) in [5, 5.41) is 0. The van der Waals surface area contributed by atoms with E-state index in [-0.39, 0.29) is 6.04 Å². The highest BCUT2D eigenvalue weighted by Gasteiger charge is 2.28. The Labute approximate surface area is 85.0 Å². The highest BCUT2D eigenvalue weighted by Crippen LogP contribution is 2.30. The zero-order valence-corrected chi connectivity index (χ0v) is 8.41. The Morgan fingerprint density at radius 3 is 2.93 bits per heavy atom. The van der Waals surface area contributed by atoms with Gasteiger partial charge in [0.15, 0.2) is 0 Å². The van der Waals surface area contributed by atoms with Gasteiger partial charge in [0.2, 0.25) is 12.1 Å². The molecule has 0 N–H and O–H groups in total. The third-order valence-electron chi connectivity index (χ3n) is 2.94. The lowest BCUT2D eigenvalue weighted by atomic mass is 9.82. The second-order valence-electron chi connectivity index (χ2n) is 3.86. The van der Waals surface area contributed by atoms with Gasteiger partial charge < -0.3 is 4.85 Å². The van der Waals surface area contributed by atoms with Crippen molar-refractivity contribution in [3.05, 3.63) is 11.4 Å². The van der Waals surface area contributed by atoms with E-state index in [1.807, 2.05) is 0 Å². The van der Waals surface area contributed by atoms with E-state index in [2.05, 4.69) is 9.84 Å². The van der Waals surface area contributed by atoms with Gasteiger partial charge in [-0.2, -0.15) is 0 Å². The first-order valence-corrected chi connectivity index (χ1v) is 5.28. The van der Waals surface area contributed by atoms with Crippen molar-refractivity contribution in [2.24, 2.45) is 10.9 Å². The van der Waals surface area contributed by atoms with Crippen molar-refractivity contribution >= 4 is 6.08 Å². The monoisotopic (exact) mass is 192 g/mol. The van der Waals surface area contributed by atoms with Gasteiger partial charge in [0.25, 0.3) is 0 Å². The van der Waals surface area contributed by atoms with Crippen LogP contribution in [0, 0.1) is 12.5 Å². The number of carbonyl (C=O) groups excluding carboxylic acids is 1. The lowest BCUT2D eigenvalue weighted by Gasteiger charge is -2.22. The van der Waals surface area contributed by atoms with Gasteiger partial charge in [-0.25, -0.2) is 16.4 Å². The smallest absolute Gasteiger partial charge is 0.234 e. The maximum atomic E-state index is 9.84. The summed E-state index contributed by atoms with van der Waals surface area (Å²) < 4.78 is 0. The second-order valence-corrected chi connectivity index (χ2v) is 3.86. The normalized spacial score (nSPS) is 26.2. The van der Waals surface area contributed by atoms with Crippen molar-refractivity contribution in [1.82, 2.24) is 0 Å². The van der Waals surface area contributed by atoms with E-state index in [1.165, 1.54) is 19.3 Å². The first-order valence-electron chi connectivity index (χ1n) is 5.28. The number of rotatable bonds is 4. The minimum Gasteiger partial charge on any atom is -0.313 e. The summed E-state index contributed by atoms with van der Waals surface area (Å²) in [5.74, 6) is 0.545. The van der Waals surface area contributed by atoms with Crippen LogP contribution in [0.4, 0.5) is 0 Å². The molecule has 3 heteroatoms. The molecule has 14 heavy (non-hydrogen) atoms. The molecule has 2 atom stereocenters. The highest BCUT2D eigenvalue weighted by atomic mass is 16.1. The molecule has 0 aliphatic heterocycles. The van der Waals surface area contributed by atoms with Crippen LogP contribution in [-0.4, -0.2) is 18.7 Å². The summed E-state index contributed by atoms with van der Waals surface area (Å²) in [4.78, 5) is 17.0. The van der Waals surface area contributed by atoms with Crippen LogP contribution in [0.15, 0.2) is 4.99 Å². The lowest BCUT2D eigenvalue weighted by Crippen LogP contribution is -2.21. The highest BCUT2D eigenvalue weighted by molar-refractivity contribution is 5.32. The number of isocyanates is 1. The molecule has 3 nitrogen and oxygen atoms in total. The van der Waals surface area contributed by atoms with Crippen LogP contribution in [-0.2, 0) is 4.79 Å². The fraction of sp³-hybridized carbons (Fsp3) is 0.818. The van der Waals surface area contributed by atoms with Gasteiger partial charge >= 0.3 is 0 Å². The number of nitrogens with zero attached hydrogens (tertiary/aromatic N) is 2. The molecule has 76 valence electrons. The predicted octanol–water partition coefficient (Wildman–Crippen LogP) is 2.58. The minimum atomic E-state index is 0.226. The summed E-state index contributed by atoms with van der Waals surface area (Å²) in [7, 11) is 0. The van der Waals surface area contributed by atoms with Crippen LogP contribution in [0.3, 0.4) is 0 Å². The van der Waals surface area contributed by atoms with E-state index in [0.29, 0.717) is 12.5 Å². The lowest BCUT2D eigenvalue weighted by molar-refractivity contribution is 0.317. The Kier molecular flexibility index (Phi) is 4.96. The van der Waals surface area contributed by atoms with E-state index in [9.17, 15) is 4.79 Å². The Hall–Kier alpha value is -1.13. The summed E-state index contributed by atoms with van der Waals surface area (Å²) in [6.07, 6.45) is 8.21. The third-order valence-corrected chi connectivity index (χ3v) is 2.94. The summed E-state index contributed by atoms with van der Waals surface area (Å²) >= 11 is 0. The van der Waals surface area contributed by atoms with Crippen LogP contribution in [0.5, 0.6) is 0 Å². The first kappa shape index (κ1) is 10.9. The second kappa shape index (κ2) is 6.34. The van der Waals surface area contributed by atoms with Crippen LogP contribution in [0.1, 0.15) is 38.5 Å². The fourth-order valence-corrected chi connectivity index (χ4v) is 2.17. The Morgan fingerprint density at radius 1 is 1.43 bits per heavy atom. The van der Waals surface area contributed by atoms with Crippen molar-refractivity contribution in [3.8, 4) is 0 Å². The number of hydrogen-bond donors (Lipinski definition) is 0. The van der Waals surface area contributed by atoms with Crippen molar-refractivity contribution in [1.29, 1.82) is 0 Å². The molecule has 1 aliphatic rings. The molecule has 0 aromatic carbocycles. The maximum Gasteiger partial charge on any atom is 0.234 e. The molecule has 0 bridgehead atoms. The molecule has 0 radical (unpaired) electrons. The number of hydrogen-bond acceptors (Lipinski definition) is 2. The molecular formula is C11H16N2O. The predicted molar refractivity (Wildman–Crippen MR) is 54.6 cm³/mol. The van der Waals surface area contributed by atoms with E-state index < -0.39 is 0 Å². The van der Waals surface area contributed by atoms with Gasteiger partial charge in [-0.1, -0.05) is 6.42 Å². The zero-order valence-electron chi connectivity index (χ0n) is 8.41. The summed E-state index contributed by atoms with van der Waals surface area (Å²) in [6.45, 7) is 7.66. The molecule has 1 aliphatic carbocycles. The van der Waals surface area contributed by atoms with Crippen LogP contribution in [0.2, 0.25) is 0 Å². The Morgan fingerprint density at radius 2 is 2.21 bits per heavy atom. The largest absolute Gasteiger partial charge is 0.313 e. The quantitative estimate of drug-likeness (QED) is 0.292. The van der Waals surface area contributed by atoms with Crippen molar-refractivity contribution in [2.45, 2.75) is 44.6 Å². The molecule has 0 aromatic rings. The van der Waals surface area contributed by atoms with Gasteiger partial charge in [-0.15, -0.1) is 0 Å². The Bertz CT molecular complexity index is 251. The molecule has 0 heterocycles. The zero-order chi connectivity index (χ0) is 10.2. The van der Waals surface area contributed by atoms with Gasteiger partial charge in [-0.05, 0) is 25.7 Å². The first-order chi connectivity index (χ1) is 6.88. The van der Waals surface area contributed by atoms with Crippen molar-refractivity contribution < 1.29 is 4.79 Å². The van der Waals surface area contributed by atoms with Gasteiger partial charge in [0, 0.05) is 12.3 Å². The van der Waals surface area contributed by atoms with E-state index >= 15 is 0 Å². The molecule has 0 aromatic heterocycles. The fourth-order valence-electron chi connectivity index (χ4n) is 2.17. The summed E-state index contributed by atoms with van der Waals surface area (Å²) in [6, 6.07) is 0.226. The molecule has 2 unspecified atom stereocenters. The average molecular weight is 192 g/mol. The number of aliphatic imine (C=N–C) groups is 1. The molecule has 0 amide bonds. The topological polar surface area (TPSA) is 33.8 Å². The van der Waals surface area contributed by atoms with Gasteiger partial charge in [0.05, 0.1) is 6.54 Å². The van der Waals surface area contributed by atoms with Crippen LogP contribution in [0.25, 0.3) is 4.85 Å². The molecule has 1 fully saturated rings. The summed E-state index contributed by atoms with van der Waals surface area (Å²) in [5.41, 5.74) is 0. The standard InChI is InChI=1S/C11H16N2O/c1-12-11-7-3-2-5-10(11)6-4-8-13-9-14/h10-11H,2-8H2. The van der Waals surface area contributed by atoms with E-state index in [1.54, 1.807) is 6.08 Å². The van der Waals surface area contributed by atoms with E-state index in [4.69, 9.17) is 6.57 Å². The molecule has 0 saturated heterocycles. The average Bonchev–Trinajstić information content (AvgIpc) is 2.25. The van der Waals surface area contributed by atoms with Crippen molar-refractivity contribution in [3.63, 3.8) is 0 Å². The van der Waals surface area contributed by atoms with E-state index in [0.717, 1.165) is 19.3 Å².